The molecule has 2 fully saturated rings. The van der Waals surface area contributed by atoms with E-state index in [1.165, 1.54) is 12.1 Å². The Balaban J connectivity index is 1.41. The molecule has 2 aromatic carbocycles. The highest BCUT2D eigenvalue weighted by Crippen LogP contribution is 2.28. The molecule has 0 radical (unpaired) electrons. The van der Waals surface area contributed by atoms with Gasteiger partial charge in [0.05, 0.1) is 11.7 Å². The van der Waals surface area contributed by atoms with Gasteiger partial charge in [-0.1, -0.05) is 42.5 Å². The molecule has 0 aliphatic carbocycles. The van der Waals surface area contributed by atoms with Crippen LogP contribution in [0.5, 0.6) is 5.75 Å². The van der Waals surface area contributed by atoms with Crippen LogP contribution in [0.4, 0.5) is 0 Å². The maximum absolute atomic E-state index is 13.8. The number of aromatic hydroxyl groups is 1. The Hall–Kier alpha value is -3.91. The highest BCUT2D eigenvalue weighted by atomic mass is 16.5. The first-order valence-electron chi connectivity index (χ1n) is 12.1. The van der Waals surface area contributed by atoms with Crippen LogP contribution in [0, 0.1) is 6.92 Å². The second-order valence-electron chi connectivity index (χ2n) is 9.28. The third-order valence-corrected chi connectivity index (χ3v) is 6.83. The van der Waals surface area contributed by atoms with Crippen molar-refractivity contribution >= 4 is 17.6 Å². The highest BCUT2D eigenvalue weighted by molar-refractivity contribution is 6.00. The van der Waals surface area contributed by atoms with E-state index in [9.17, 15) is 19.5 Å². The Morgan fingerprint density at radius 3 is 2.64 bits per heavy atom. The van der Waals surface area contributed by atoms with E-state index >= 15 is 0 Å². The summed E-state index contributed by atoms with van der Waals surface area (Å²) < 4.78 is 11.4. The fourth-order valence-electron chi connectivity index (χ4n) is 4.99. The number of amides is 2. The van der Waals surface area contributed by atoms with Crippen LogP contribution in [0.1, 0.15) is 34.5 Å². The number of ether oxygens (including phenoxy) is 1. The lowest BCUT2D eigenvalue weighted by Gasteiger charge is -2.37. The fraction of sp³-hybridized carbons (Fsp3) is 0.321. The monoisotopic (exact) mass is 488 g/mol. The van der Waals surface area contributed by atoms with Crippen molar-refractivity contribution in [2.75, 3.05) is 13.2 Å². The summed E-state index contributed by atoms with van der Waals surface area (Å²) in [6, 6.07) is 16.1. The van der Waals surface area contributed by atoms with Gasteiger partial charge in [-0.05, 0) is 43.5 Å². The van der Waals surface area contributed by atoms with Gasteiger partial charge < -0.3 is 24.5 Å². The van der Waals surface area contributed by atoms with E-state index in [2.05, 4.69) is 5.32 Å². The van der Waals surface area contributed by atoms with Crippen molar-refractivity contribution in [2.24, 2.45) is 0 Å². The van der Waals surface area contributed by atoms with Crippen molar-refractivity contribution in [1.29, 1.82) is 0 Å². The number of benzene rings is 2. The summed E-state index contributed by atoms with van der Waals surface area (Å²) in [5, 5.41) is 12.5. The van der Waals surface area contributed by atoms with Crippen molar-refractivity contribution in [2.45, 2.75) is 44.4 Å². The Bertz CT molecular complexity index is 1270. The maximum atomic E-state index is 13.8. The Morgan fingerprint density at radius 2 is 1.89 bits per heavy atom. The number of aryl methyl sites for hydroxylation is 1. The lowest BCUT2D eigenvalue weighted by molar-refractivity contribution is -0.142. The van der Waals surface area contributed by atoms with E-state index in [1.807, 2.05) is 30.3 Å². The molecular weight excluding hydrogens is 460 g/mol. The Kier molecular flexibility index (Phi) is 6.61. The number of nitrogens with one attached hydrogen (secondary N) is 1. The van der Waals surface area contributed by atoms with Gasteiger partial charge in [-0.25, -0.2) is 0 Å². The molecule has 0 spiro atoms. The number of ketones is 1. The number of hydrogen-bond donors (Lipinski definition) is 2. The predicted molar refractivity (Wildman–Crippen MR) is 131 cm³/mol. The van der Waals surface area contributed by atoms with Crippen molar-refractivity contribution in [3.8, 4) is 17.1 Å². The largest absolute Gasteiger partial charge is 0.508 e. The number of carbonyl (C=O) groups excluding carboxylic acids is 3. The summed E-state index contributed by atoms with van der Waals surface area (Å²) in [4.78, 5) is 41.2. The minimum Gasteiger partial charge on any atom is -0.508 e. The molecule has 3 unspecified atom stereocenters. The van der Waals surface area contributed by atoms with E-state index < -0.39 is 18.0 Å². The SMILES string of the molecule is Cc1oc(-c2ccccc2)cc1C(=O)NC(Cc1ccc(O)cc1)C(=O)N1CCCC2OCC(=O)C21. The van der Waals surface area contributed by atoms with Gasteiger partial charge in [-0.3, -0.25) is 14.4 Å². The molecule has 2 saturated heterocycles. The molecule has 186 valence electrons. The molecule has 2 N–H and O–H groups in total. The minimum absolute atomic E-state index is 0.00454. The molecule has 0 bridgehead atoms. The molecule has 3 atom stereocenters. The van der Waals surface area contributed by atoms with Gasteiger partial charge >= 0.3 is 0 Å². The van der Waals surface area contributed by atoms with Crippen LogP contribution >= 0.6 is 0 Å². The van der Waals surface area contributed by atoms with Crippen molar-refractivity contribution in [3.63, 3.8) is 0 Å². The van der Waals surface area contributed by atoms with Crippen LogP contribution in [-0.2, 0) is 20.7 Å². The van der Waals surface area contributed by atoms with Crippen LogP contribution in [0.2, 0.25) is 0 Å². The lowest BCUT2D eigenvalue weighted by atomic mass is 9.95. The van der Waals surface area contributed by atoms with Crippen molar-refractivity contribution < 1.29 is 28.6 Å². The molecule has 3 heterocycles. The van der Waals surface area contributed by atoms with Gasteiger partial charge in [0, 0.05) is 18.5 Å². The first-order chi connectivity index (χ1) is 17.4. The van der Waals surface area contributed by atoms with E-state index in [0.29, 0.717) is 23.6 Å². The van der Waals surface area contributed by atoms with E-state index in [-0.39, 0.29) is 36.6 Å². The molecule has 5 rings (SSSR count). The molecule has 8 heteroatoms. The van der Waals surface area contributed by atoms with Crippen molar-refractivity contribution in [1.82, 2.24) is 10.2 Å². The summed E-state index contributed by atoms with van der Waals surface area (Å²) >= 11 is 0. The van der Waals surface area contributed by atoms with Gasteiger partial charge in [-0.15, -0.1) is 0 Å². The topological polar surface area (TPSA) is 109 Å². The van der Waals surface area contributed by atoms with Gasteiger partial charge in [-0.2, -0.15) is 0 Å². The lowest BCUT2D eigenvalue weighted by Crippen LogP contribution is -2.58. The zero-order valence-electron chi connectivity index (χ0n) is 20.0. The van der Waals surface area contributed by atoms with Gasteiger partial charge in [0.15, 0.2) is 5.78 Å². The normalized spacial score (nSPS) is 20.1. The van der Waals surface area contributed by atoms with Gasteiger partial charge in [0.1, 0.15) is 36.0 Å². The second kappa shape index (κ2) is 9.99. The molecule has 2 aliphatic rings. The number of hydrogen-bond acceptors (Lipinski definition) is 6. The average molecular weight is 489 g/mol. The fourth-order valence-corrected chi connectivity index (χ4v) is 4.99. The minimum atomic E-state index is -0.913. The first kappa shape index (κ1) is 23.8. The number of likely N-dealkylation sites (tertiary alicyclic amines) is 1. The Labute approximate surface area is 208 Å². The highest BCUT2D eigenvalue weighted by Gasteiger charge is 2.45. The van der Waals surface area contributed by atoms with Gasteiger partial charge in [0.25, 0.3) is 5.91 Å². The zero-order chi connectivity index (χ0) is 25.2. The first-order valence-corrected chi connectivity index (χ1v) is 12.1. The third-order valence-electron chi connectivity index (χ3n) is 6.83. The summed E-state index contributed by atoms with van der Waals surface area (Å²) in [5.74, 6) is 0.251. The molecule has 8 nitrogen and oxygen atoms in total. The summed E-state index contributed by atoms with van der Waals surface area (Å²) in [6.07, 6.45) is 1.35. The quantitative estimate of drug-likeness (QED) is 0.551. The van der Waals surface area contributed by atoms with Crippen LogP contribution in [0.3, 0.4) is 0 Å². The van der Waals surface area contributed by atoms with Crippen molar-refractivity contribution in [3.05, 3.63) is 77.6 Å². The summed E-state index contributed by atoms with van der Waals surface area (Å²) in [7, 11) is 0. The number of carbonyl (C=O) groups is 3. The maximum Gasteiger partial charge on any atom is 0.255 e. The number of Topliss-reactive ketones (excluding diaryl/α,β-unsaturated/α-hetero) is 1. The molecule has 1 aromatic heterocycles. The number of phenols is 1. The Morgan fingerprint density at radius 1 is 1.14 bits per heavy atom. The number of phenolic OH excluding ortho intramolecular Hbond substituents is 1. The molecule has 2 aliphatic heterocycles. The number of furan rings is 1. The van der Waals surface area contributed by atoms with E-state index in [0.717, 1.165) is 24.0 Å². The standard InChI is InChI=1S/C28H28N2O6/c1-17-21(15-25(36-17)19-6-3-2-4-7-19)27(33)29-22(14-18-9-11-20(31)12-10-18)28(34)30-13-5-8-24-26(30)23(32)16-35-24/h2-4,6-7,9-12,15,22,24,26,31H,5,8,13-14,16H2,1H3,(H,29,33). The number of fused-ring (bicyclic) bond motifs is 1. The second-order valence-corrected chi connectivity index (χ2v) is 9.28. The molecule has 2 amide bonds. The molecular formula is C28H28N2O6. The molecule has 3 aromatic rings. The zero-order valence-corrected chi connectivity index (χ0v) is 20.0. The molecule has 0 saturated carbocycles. The van der Waals surface area contributed by atoms with Crippen LogP contribution < -0.4 is 5.32 Å². The third kappa shape index (κ3) is 4.77. The van der Waals surface area contributed by atoms with Crippen LogP contribution in [0.15, 0.2) is 65.1 Å². The van der Waals surface area contributed by atoms with Crippen LogP contribution in [-0.4, -0.2) is 58.9 Å². The summed E-state index contributed by atoms with van der Waals surface area (Å²) in [5.41, 5.74) is 1.95. The average Bonchev–Trinajstić information content (AvgIpc) is 3.47. The summed E-state index contributed by atoms with van der Waals surface area (Å²) in [6.45, 7) is 2.15. The van der Waals surface area contributed by atoms with E-state index in [1.54, 1.807) is 30.0 Å². The molecule has 36 heavy (non-hydrogen) atoms. The number of rotatable bonds is 6. The number of nitrogens with zero attached hydrogens (tertiary/aromatic N) is 1. The predicted octanol–water partition coefficient (Wildman–Crippen LogP) is 3.26. The number of piperidine rings is 1. The van der Waals surface area contributed by atoms with Crippen LogP contribution in [0.25, 0.3) is 11.3 Å². The van der Waals surface area contributed by atoms with E-state index in [4.69, 9.17) is 9.15 Å². The smallest absolute Gasteiger partial charge is 0.255 e. The van der Waals surface area contributed by atoms with Gasteiger partial charge in [0.2, 0.25) is 5.91 Å².